The van der Waals surface area contributed by atoms with E-state index >= 15 is 0 Å². The number of nitrogens with one attached hydrogen (secondary N) is 1. The lowest BCUT2D eigenvalue weighted by molar-refractivity contribution is 0.102. The van der Waals surface area contributed by atoms with Gasteiger partial charge in [0.1, 0.15) is 18.1 Å². The number of rotatable bonds is 4. The molecule has 0 aliphatic rings. The lowest BCUT2D eigenvalue weighted by Gasteiger charge is -2.10. The van der Waals surface area contributed by atoms with Crippen LogP contribution >= 0.6 is 11.6 Å². The number of aliphatic hydroxyl groups is 1. The van der Waals surface area contributed by atoms with E-state index < -0.39 is 0 Å². The van der Waals surface area contributed by atoms with Crippen LogP contribution in [0.25, 0.3) is 11.3 Å². The van der Waals surface area contributed by atoms with Crippen LogP contribution in [-0.2, 0) is 6.61 Å². The van der Waals surface area contributed by atoms with Crippen molar-refractivity contribution in [3.63, 3.8) is 0 Å². The second-order valence-corrected chi connectivity index (χ2v) is 6.36. The van der Waals surface area contributed by atoms with Gasteiger partial charge in [-0.2, -0.15) is 0 Å². The normalized spacial score (nSPS) is 10.7. The molecular formula is C20H18ClNO3. The van der Waals surface area contributed by atoms with Crippen LogP contribution in [-0.4, -0.2) is 11.0 Å². The number of halogens is 1. The van der Waals surface area contributed by atoms with Crippen molar-refractivity contribution < 1.29 is 14.3 Å². The van der Waals surface area contributed by atoms with Crippen molar-refractivity contribution in [3.05, 3.63) is 76.0 Å². The summed E-state index contributed by atoms with van der Waals surface area (Å²) in [5.41, 5.74) is 3.90. The van der Waals surface area contributed by atoms with E-state index in [-0.39, 0.29) is 12.5 Å². The summed E-state index contributed by atoms with van der Waals surface area (Å²) in [7, 11) is 0. The molecule has 1 aromatic heterocycles. The monoisotopic (exact) mass is 355 g/mol. The lowest BCUT2D eigenvalue weighted by Crippen LogP contribution is -2.12. The molecule has 0 atom stereocenters. The molecule has 1 heterocycles. The minimum absolute atomic E-state index is 0.163. The Kier molecular flexibility index (Phi) is 4.93. The fourth-order valence-electron chi connectivity index (χ4n) is 2.69. The SMILES string of the molecule is Cc1cc(C)cc(C(=O)Nc2cc(-c3ccc(CO)o3)ccc2Cl)c1. The zero-order valence-corrected chi connectivity index (χ0v) is 14.7. The maximum absolute atomic E-state index is 12.5. The average Bonchev–Trinajstić information content (AvgIpc) is 3.05. The molecule has 5 heteroatoms. The number of anilines is 1. The highest BCUT2D eigenvalue weighted by Crippen LogP contribution is 2.30. The average molecular weight is 356 g/mol. The molecule has 0 saturated heterocycles. The van der Waals surface area contributed by atoms with Crippen LogP contribution in [0.5, 0.6) is 0 Å². The van der Waals surface area contributed by atoms with Gasteiger partial charge in [-0.1, -0.05) is 28.8 Å². The zero-order chi connectivity index (χ0) is 18.0. The van der Waals surface area contributed by atoms with Gasteiger partial charge in [0.05, 0.1) is 10.7 Å². The van der Waals surface area contributed by atoms with Gasteiger partial charge < -0.3 is 14.8 Å². The second-order valence-electron chi connectivity index (χ2n) is 5.95. The van der Waals surface area contributed by atoms with E-state index in [0.29, 0.717) is 27.8 Å². The van der Waals surface area contributed by atoms with Crippen molar-refractivity contribution in [2.24, 2.45) is 0 Å². The zero-order valence-electron chi connectivity index (χ0n) is 14.0. The topological polar surface area (TPSA) is 62.5 Å². The largest absolute Gasteiger partial charge is 0.459 e. The first-order valence-electron chi connectivity index (χ1n) is 7.85. The Morgan fingerprint density at radius 2 is 1.80 bits per heavy atom. The molecule has 3 aromatic rings. The summed E-state index contributed by atoms with van der Waals surface area (Å²) in [6, 6.07) is 14.4. The summed E-state index contributed by atoms with van der Waals surface area (Å²) >= 11 is 6.22. The maximum Gasteiger partial charge on any atom is 0.255 e. The molecule has 25 heavy (non-hydrogen) atoms. The molecular weight excluding hydrogens is 338 g/mol. The summed E-state index contributed by atoms with van der Waals surface area (Å²) in [5, 5.41) is 12.4. The van der Waals surface area contributed by atoms with Crippen LogP contribution in [0.1, 0.15) is 27.2 Å². The van der Waals surface area contributed by atoms with E-state index in [1.165, 1.54) is 0 Å². The predicted octanol–water partition coefficient (Wildman–Crippen LogP) is 4.96. The number of aryl methyl sites for hydroxylation is 2. The number of amides is 1. The van der Waals surface area contributed by atoms with Crippen molar-refractivity contribution >= 4 is 23.2 Å². The predicted molar refractivity (Wildman–Crippen MR) is 98.9 cm³/mol. The van der Waals surface area contributed by atoms with Gasteiger partial charge >= 0.3 is 0 Å². The Labute approximate surface area is 151 Å². The Balaban J connectivity index is 1.89. The Morgan fingerprint density at radius 1 is 1.08 bits per heavy atom. The van der Waals surface area contributed by atoms with Gasteiger partial charge in [-0.3, -0.25) is 4.79 Å². The third kappa shape index (κ3) is 3.92. The fraction of sp³-hybridized carbons (Fsp3) is 0.150. The first-order chi connectivity index (χ1) is 12.0. The number of benzene rings is 2. The number of carbonyl (C=O) groups excluding carboxylic acids is 1. The van der Waals surface area contributed by atoms with Crippen molar-refractivity contribution in [3.8, 4) is 11.3 Å². The summed E-state index contributed by atoms with van der Waals surface area (Å²) in [6.07, 6.45) is 0. The van der Waals surface area contributed by atoms with Crippen LogP contribution < -0.4 is 5.32 Å². The summed E-state index contributed by atoms with van der Waals surface area (Å²) in [5.74, 6) is 0.856. The molecule has 1 amide bonds. The highest BCUT2D eigenvalue weighted by molar-refractivity contribution is 6.34. The lowest BCUT2D eigenvalue weighted by atomic mass is 10.1. The quantitative estimate of drug-likeness (QED) is 0.695. The molecule has 128 valence electrons. The number of hydrogen-bond acceptors (Lipinski definition) is 3. The maximum atomic E-state index is 12.5. The summed E-state index contributed by atoms with van der Waals surface area (Å²) < 4.78 is 5.53. The molecule has 4 nitrogen and oxygen atoms in total. The van der Waals surface area contributed by atoms with Crippen LogP contribution in [0.15, 0.2) is 52.9 Å². The van der Waals surface area contributed by atoms with Gasteiger partial charge in [-0.05, 0) is 56.3 Å². The molecule has 0 radical (unpaired) electrons. The highest BCUT2D eigenvalue weighted by atomic mass is 35.5. The van der Waals surface area contributed by atoms with E-state index in [4.69, 9.17) is 21.1 Å². The molecule has 0 unspecified atom stereocenters. The van der Waals surface area contributed by atoms with Crippen molar-refractivity contribution in [2.45, 2.75) is 20.5 Å². The van der Waals surface area contributed by atoms with Crippen molar-refractivity contribution in [1.82, 2.24) is 0 Å². The molecule has 0 aliphatic carbocycles. The molecule has 3 rings (SSSR count). The van der Waals surface area contributed by atoms with Crippen LogP contribution in [0.3, 0.4) is 0 Å². The van der Waals surface area contributed by atoms with E-state index in [9.17, 15) is 4.79 Å². The molecule has 2 N–H and O–H groups in total. The van der Waals surface area contributed by atoms with Gasteiger partial charge in [0.2, 0.25) is 0 Å². The van der Waals surface area contributed by atoms with Gasteiger partial charge in [0, 0.05) is 11.1 Å². The van der Waals surface area contributed by atoms with Crippen molar-refractivity contribution in [2.75, 3.05) is 5.32 Å². The standard InChI is InChI=1S/C20H18ClNO3/c1-12-7-13(2)9-15(8-12)20(24)22-18-10-14(3-5-17(18)21)19-6-4-16(11-23)25-19/h3-10,23H,11H2,1-2H3,(H,22,24). The number of carbonyl (C=O) groups is 1. The molecule has 0 spiro atoms. The van der Waals surface area contributed by atoms with Gasteiger partial charge in [0.25, 0.3) is 5.91 Å². The first kappa shape index (κ1) is 17.3. The molecule has 0 saturated carbocycles. The second kappa shape index (κ2) is 7.13. The molecule has 0 aliphatic heterocycles. The summed E-state index contributed by atoms with van der Waals surface area (Å²) in [4.78, 5) is 12.5. The molecule has 2 aromatic carbocycles. The smallest absolute Gasteiger partial charge is 0.255 e. The van der Waals surface area contributed by atoms with E-state index in [1.807, 2.05) is 32.0 Å². The van der Waals surface area contributed by atoms with E-state index in [2.05, 4.69) is 5.32 Å². The number of furan rings is 1. The van der Waals surface area contributed by atoms with Gasteiger partial charge in [-0.15, -0.1) is 0 Å². The Hall–Kier alpha value is -2.56. The van der Waals surface area contributed by atoms with Crippen LogP contribution in [0.4, 0.5) is 5.69 Å². The third-order valence-corrected chi connectivity index (χ3v) is 4.13. The van der Waals surface area contributed by atoms with Crippen LogP contribution in [0.2, 0.25) is 5.02 Å². The minimum atomic E-state index is -0.221. The fourth-order valence-corrected chi connectivity index (χ4v) is 2.86. The Morgan fingerprint density at radius 3 is 2.44 bits per heavy atom. The van der Waals surface area contributed by atoms with Crippen molar-refractivity contribution in [1.29, 1.82) is 0 Å². The number of aliphatic hydroxyl groups excluding tert-OH is 1. The Bertz CT molecular complexity index is 910. The first-order valence-corrected chi connectivity index (χ1v) is 8.23. The van der Waals surface area contributed by atoms with Gasteiger partial charge in [-0.25, -0.2) is 0 Å². The van der Waals surface area contributed by atoms with Crippen LogP contribution in [0, 0.1) is 13.8 Å². The van der Waals surface area contributed by atoms with E-state index in [1.54, 1.807) is 30.3 Å². The number of hydrogen-bond donors (Lipinski definition) is 2. The molecule has 0 fully saturated rings. The van der Waals surface area contributed by atoms with Gasteiger partial charge in [0.15, 0.2) is 0 Å². The highest BCUT2D eigenvalue weighted by Gasteiger charge is 2.12. The van der Waals surface area contributed by atoms with E-state index in [0.717, 1.165) is 16.7 Å². The summed E-state index contributed by atoms with van der Waals surface area (Å²) in [6.45, 7) is 3.74. The third-order valence-electron chi connectivity index (χ3n) is 3.80. The minimum Gasteiger partial charge on any atom is -0.459 e. The molecule has 0 bridgehead atoms.